The fraction of sp³-hybridized carbons (Fsp3) is 0.667. The molecule has 2 rings (SSSR count). The van der Waals surface area contributed by atoms with Crippen LogP contribution in [0.3, 0.4) is 0 Å². The van der Waals surface area contributed by atoms with Crippen molar-refractivity contribution in [3.8, 4) is 0 Å². The number of nitrogens with zero attached hydrogens (tertiary/aromatic N) is 1. The molecule has 0 aromatic heterocycles. The Bertz CT molecular complexity index is 493. The Hall–Kier alpha value is -1.39. The molecule has 2 atom stereocenters. The summed E-state index contributed by atoms with van der Waals surface area (Å²) in [5.74, 6) is 1.18. The summed E-state index contributed by atoms with van der Waals surface area (Å²) < 4.78 is 0. The second-order valence-electron chi connectivity index (χ2n) is 7.68. The van der Waals surface area contributed by atoms with Gasteiger partial charge in [-0.15, -0.1) is 0 Å². The number of nitrogens with two attached hydrogens (primary N) is 1. The number of benzene rings is 1. The van der Waals surface area contributed by atoms with Crippen molar-refractivity contribution in [1.29, 1.82) is 0 Å². The van der Waals surface area contributed by atoms with Gasteiger partial charge in [0, 0.05) is 32.1 Å². The number of rotatable bonds is 9. The van der Waals surface area contributed by atoms with E-state index in [-0.39, 0.29) is 5.91 Å². The van der Waals surface area contributed by atoms with Crippen LogP contribution in [0.1, 0.15) is 51.5 Å². The average Bonchev–Trinajstić information content (AvgIpc) is 2.59. The van der Waals surface area contributed by atoms with Crippen LogP contribution in [0.15, 0.2) is 30.3 Å². The molecule has 1 aliphatic heterocycles. The summed E-state index contributed by atoms with van der Waals surface area (Å²) >= 11 is 0. The van der Waals surface area contributed by atoms with E-state index in [4.69, 9.17) is 5.73 Å². The second-order valence-corrected chi connectivity index (χ2v) is 7.68. The zero-order valence-corrected chi connectivity index (χ0v) is 15.9. The van der Waals surface area contributed by atoms with Crippen molar-refractivity contribution in [2.45, 2.75) is 58.5 Å². The first-order valence-corrected chi connectivity index (χ1v) is 9.86. The maximum atomic E-state index is 12.3. The van der Waals surface area contributed by atoms with Gasteiger partial charge in [0.2, 0.25) is 5.91 Å². The monoisotopic (exact) mass is 345 g/mol. The molecule has 1 aromatic carbocycles. The first-order chi connectivity index (χ1) is 12.1. The molecule has 0 saturated carbocycles. The van der Waals surface area contributed by atoms with Crippen LogP contribution < -0.4 is 11.1 Å². The van der Waals surface area contributed by atoms with Crippen molar-refractivity contribution >= 4 is 5.91 Å². The number of piperidine rings is 1. The quantitative estimate of drug-likeness (QED) is 0.676. The third kappa shape index (κ3) is 6.79. The lowest BCUT2D eigenvalue weighted by Gasteiger charge is -2.41. The summed E-state index contributed by atoms with van der Waals surface area (Å²) in [5, 5.41) is 3.30. The van der Waals surface area contributed by atoms with Crippen LogP contribution in [0.4, 0.5) is 0 Å². The number of carbonyl (C=O) groups is 1. The minimum Gasteiger partial charge on any atom is -0.353 e. The zero-order valence-electron chi connectivity index (χ0n) is 15.9. The Kier molecular flexibility index (Phi) is 8.42. The molecule has 1 fully saturated rings. The van der Waals surface area contributed by atoms with Crippen molar-refractivity contribution < 1.29 is 4.79 Å². The highest BCUT2D eigenvalue weighted by Gasteiger charge is 2.32. The van der Waals surface area contributed by atoms with Gasteiger partial charge in [0.25, 0.3) is 0 Å². The van der Waals surface area contributed by atoms with Gasteiger partial charge in [0.05, 0.1) is 0 Å². The maximum Gasteiger partial charge on any atom is 0.220 e. The molecule has 140 valence electrons. The molecule has 1 aromatic rings. The smallest absolute Gasteiger partial charge is 0.220 e. The number of carbonyl (C=O) groups excluding carboxylic acids is 1. The maximum absolute atomic E-state index is 12.3. The van der Waals surface area contributed by atoms with E-state index in [1.165, 1.54) is 5.56 Å². The third-order valence-corrected chi connectivity index (χ3v) is 5.25. The van der Waals surface area contributed by atoms with E-state index in [9.17, 15) is 4.79 Å². The number of nitrogens with one attached hydrogen (secondary N) is 1. The third-order valence-electron chi connectivity index (χ3n) is 5.25. The van der Waals surface area contributed by atoms with Crippen molar-refractivity contribution in [2.24, 2.45) is 17.6 Å². The highest BCUT2D eigenvalue weighted by Crippen LogP contribution is 2.23. The summed E-state index contributed by atoms with van der Waals surface area (Å²) in [6.45, 7) is 8.36. The summed E-state index contributed by atoms with van der Waals surface area (Å²) in [6.07, 6.45) is 4.92. The van der Waals surface area contributed by atoms with Crippen LogP contribution in [-0.4, -0.2) is 36.5 Å². The summed E-state index contributed by atoms with van der Waals surface area (Å²) in [4.78, 5) is 14.8. The van der Waals surface area contributed by atoms with Gasteiger partial charge in [-0.3, -0.25) is 9.69 Å². The van der Waals surface area contributed by atoms with Crippen molar-refractivity contribution in [3.05, 3.63) is 35.9 Å². The highest BCUT2D eigenvalue weighted by molar-refractivity contribution is 5.76. The van der Waals surface area contributed by atoms with Gasteiger partial charge in [0.1, 0.15) is 0 Å². The van der Waals surface area contributed by atoms with Crippen molar-refractivity contribution in [3.63, 3.8) is 0 Å². The highest BCUT2D eigenvalue weighted by atomic mass is 16.1. The fourth-order valence-electron chi connectivity index (χ4n) is 3.97. The van der Waals surface area contributed by atoms with Gasteiger partial charge < -0.3 is 11.1 Å². The van der Waals surface area contributed by atoms with Crippen LogP contribution in [-0.2, 0) is 11.3 Å². The molecule has 0 aliphatic carbocycles. The van der Waals surface area contributed by atoms with Crippen molar-refractivity contribution in [1.82, 2.24) is 10.2 Å². The lowest BCUT2D eigenvalue weighted by atomic mass is 9.85. The number of likely N-dealkylation sites (tertiary alicyclic amines) is 1. The second kappa shape index (κ2) is 10.6. The number of hydrogen-bond donors (Lipinski definition) is 2. The van der Waals surface area contributed by atoms with Crippen LogP contribution >= 0.6 is 0 Å². The normalized spacial score (nSPS) is 24.2. The Labute approximate surface area is 153 Å². The molecular formula is C21H35N3O. The van der Waals surface area contributed by atoms with Crippen molar-refractivity contribution in [2.75, 3.05) is 19.6 Å². The number of amides is 1. The van der Waals surface area contributed by atoms with Gasteiger partial charge in [0.15, 0.2) is 0 Å². The molecule has 1 saturated heterocycles. The van der Waals surface area contributed by atoms with Crippen LogP contribution in [0, 0.1) is 11.8 Å². The minimum atomic E-state index is 0.216. The molecule has 1 aliphatic rings. The van der Waals surface area contributed by atoms with Gasteiger partial charge >= 0.3 is 0 Å². The molecule has 4 heteroatoms. The molecule has 25 heavy (non-hydrogen) atoms. The SMILES string of the molecule is CC1CN(Cc2ccccc2)CC(C)C1NC(=O)CCCCCCN. The molecule has 2 unspecified atom stereocenters. The predicted molar refractivity (Wildman–Crippen MR) is 104 cm³/mol. The molecule has 3 N–H and O–H groups in total. The van der Waals surface area contributed by atoms with E-state index in [1.54, 1.807) is 0 Å². The average molecular weight is 346 g/mol. The van der Waals surface area contributed by atoms with Crippen LogP contribution in [0.25, 0.3) is 0 Å². The van der Waals surface area contributed by atoms with Crippen LogP contribution in [0.5, 0.6) is 0 Å². The zero-order chi connectivity index (χ0) is 18.1. The van der Waals surface area contributed by atoms with E-state index < -0.39 is 0 Å². The molecular weight excluding hydrogens is 310 g/mol. The lowest BCUT2D eigenvalue weighted by Crippen LogP contribution is -2.54. The van der Waals surface area contributed by atoms with E-state index in [0.717, 1.165) is 51.9 Å². The van der Waals surface area contributed by atoms with E-state index in [1.807, 2.05) is 0 Å². The van der Waals surface area contributed by atoms with E-state index in [2.05, 4.69) is 54.4 Å². The predicted octanol–water partition coefficient (Wildman–Crippen LogP) is 3.17. The van der Waals surface area contributed by atoms with Crippen LogP contribution in [0.2, 0.25) is 0 Å². The van der Waals surface area contributed by atoms with Gasteiger partial charge in [-0.1, -0.05) is 57.0 Å². The molecule has 0 bridgehead atoms. The largest absolute Gasteiger partial charge is 0.353 e. The summed E-state index contributed by atoms with van der Waals surface area (Å²) in [7, 11) is 0. The van der Waals surface area contributed by atoms with E-state index >= 15 is 0 Å². The Morgan fingerprint density at radius 3 is 2.36 bits per heavy atom. The minimum absolute atomic E-state index is 0.216. The van der Waals surface area contributed by atoms with E-state index in [0.29, 0.717) is 24.3 Å². The Morgan fingerprint density at radius 1 is 1.08 bits per heavy atom. The first kappa shape index (κ1) is 19.9. The summed E-state index contributed by atoms with van der Waals surface area (Å²) in [5.41, 5.74) is 6.86. The van der Waals surface area contributed by atoms with Gasteiger partial charge in [-0.25, -0.2) is 0 Å². The molecule has 1 heterocycles. The van der Waals surface area contributed by atoms with Gasteiger partial charge in [-0.2, -0.15) is 0 Å². The number of hydrogen-bond acceptors (Lipinski definition) is 3. The Morgan fingerprint density at radius 2 is 1.72 bits per heavy atom. The molecule has 0 radical (unpaired) electrons. The Balaban J connectivity index is 1.75. The first-order valence-electron chi connectivity index (χ1n) is 9.86. The molecule has 4 nitrogen and oxygen atoms in total. The number of unbranched alkanes of at least 4 members (excludes halogenated alkanes) is 3. The topological polar surface area (TPSA) is 58.4 Å². The lowest BCUT2D eigenvalue weighted by molar-refractivity contribution is -0.123. The molecule has 1 amide bonds. The summed E-state index contributed by atoms with van der Waals surface area (Å²) in [6, 6.07) is 10.9. The molecule has 0 spiro atoms. The fourth-order valence-corrected chi connectivity index (χ4v) is 3.97. The van der Waals surface area contributed by atoms with Gasteiger partial charge in [-0.05, 0) is 36.8 Å². The standard InChI is InChI=1S/C21H35N3O/c1-17-14-24(16-19-10-6-5-7-11-19)15-18(2)21(17)23-20(25)12-8-3-4-9-13-22/h5-7,10-11,17-18,21H,3-4,8-9,12-16,22H2,1-2H3,(H,23,25).